The molecular weight excluding hydrogens is 134 g/mol. The van der Waals surface area contributed by atoms with Crippen molar-refractivity contribution in [1.29, 1.82) is 0 Å². The molecule has 2 N–H and O–H groups in total. The second-order valence-electron chi connectivity index (χ2n) is 3.67. The van der Waals surface area contributed by atoms with Gasteiger partial charge in [0.2, 0.25) is 0 Å². The van der Waals surface area contributed by atoms with Crippen LogP contribution in [0.5, 0.6) is 0 Å². The van der Waals surface area contributed by atoms with E-state index in [-0.39, 0.29) is 0 Å². The van der Waals surface area contributed by atoms with Crippen molar-refractivity contribution >= 4 is 0 Å². The van der Waals surface area contributed by atoms with Gasteiger partial charge in [0.15, 0.2) is 0 Å². The van der Waals surface area contributed by atoms with E-state index < -0.39 is 0 Å². The van der Waals surface area contributed by atoms with Crippen LogP contribution in [0.3, 0.4) is 0 Å². The first-order valence-electron chi connectivity index (χ1n) is 4.87. The fourth-order valence-corrected chi connectivity index (χ4v) is 1.84. The predicted octanol–water partition coefficient (Wildman–Crippen LogP) is 2.65. The SMILES string of the molecule is CC[C@@H]([C@@H](C)CC)[C@@H](C)CN. The molecule has 0 fully saturated rings. The molecule has 0 aliphatic carbocycles. The van der Waals surface area contributed by atoms with Gasteiger partial charge >= 0.3 is 0 Å². The largest absolute Gasteiger partial charge is 0.330 e. The first kappa shape index (κ1) is 11.0. The van der Waals surface area contributed by atoms with E-state index in [1.807, 2.05) is 0 Å². The van der Waals surface area contributed by atoms with E-state index in [0.29, 0.717) is 5.92 Å². The summed E-state index contributed by atoms with van der Waals surface area (Å²) in [6, 6.07) is 0. The van der Waals surface area contributed by atoms with Crippen LogP contribution in [0.25, 0.3) is 0 Å². The van der Waals surface area contributed by atoms with Gasteiger partial charge in [-0.1, -0.05) is 40.5 Å². The van der Waals surface area contributed by atoms with Crippen molar-refractivity contribution in [3.63, 3.8) is 0 Å². The van der Waals surface area contributed by atoms with Gasteiger partial charge in [0.25, 0.3) is 0 Å². The van der Waals surface area contributed by atoms with Crippen LogP contribution in [0.15, 0.2) is 0 Å². The highest BCUT2D eigenvalue weighted by Crippen LogP contribution is 2.25. The molecule has 3 atom stereocenters. The monoisotopic (exact) mass is 157 g/mol. The summed E-state index contributed by atoms with van der Waals surface area (Å²) in [4.78, 5) is 0. The zero-order valence-corrected chi connectivity index (χ0v) is 8.43. The van der Waals surface area contributed by atoms with Crippen LogP contribution in [0, 0.1) is 17.8 Å². The second-order valence-corrected chi connectivity index (χ2v) is 3.67. The lowest BCUT2D eigenvalue weighted by Crippen LogP contribution is -2.25. The molecule has 0 spiro atoms. The summed E-state index contributed by atoms with van der Waals surface area (Å²) in [5.41, 5.74) is 5.64. The molecule has 1 nitrogen and oxygen atoms in total. The number of nitrogens with two attached hydrogens (primary N) is 1. The Morgan fingerprint density at radius 3 is 1.82 bits per heavy atom. The topological polar surface area (TPSA) is 26.0 Å². The third-order valence-electron chi connectivity index (χ3n) is 2.95. The normalized spacial score (nSPS) is 19.4. The second kappa shape index (κ2) is 5.59. The molecule has 0 unspecified atom stereocenters. The smallest absolute Gasteiger partial charge is 0.00488 e. The van der Waals surface area contributed by atoms with Gasteiger partial charge in [-0.2, -0.15) is 0 Å². The summed E-state index contributed by atoms with van der Waals surface area (Å²) in [5, 5.41) is 0. The molecule has 0 heterocycles. The van der Waals surface area contributed by atoms with Crippen LogP contribution in [-0.4, -0.2) is 6.54 Å². The highest BCUT2D eigenvalue weighted by molar-refractivity contribution is 4.70. The Labute approximate surface area is 71.4 Å². The van der Waals surface area contributed by atoms with Gasteiger partial charge in [0, 0.05) is 0 Å². The predicted molar refractivity (Wildman–Crippen MR) is 51.5 cm³/mol. The zero-order valence-electron chi connectivity index (χ0n) is 8.43. The number of hydrogen-bond acceptors (Lipinski definition) is 1. The quantitative estimate of drug-likeness (QED) is 0.652. The fourth-order valence-electron chi connectivity index (χ4n) is 1.84. The molecule has 0 saturated heterocycles. The minimum atomic E-state index is 0.690. The molecule has 0 aliphatic rings. The van der Waals surface area contributed by atoms with Crippen molar-refractivity contribution in [3.8, 4) is 0 Å². The van der Waals surface area contributed by atoms with Gasteiger partial charge in [-0.3, -0.25) is 0 Å². The first-order chi connectivity index (χ1) is 5.17. The molecule has 68 valence electrons. The summed E-state index contributed by atoms with van der Waals surface area (Å²) in [5.74, 6) is 2.35. The first-order valence-corrected chi connectivity index (χ1v) is 4.87. The molecule has 0 saturated carbocycles. The van der Waals surface area contributed by atoms with Crippen molar-refractivity contribution in [2.45, 2.75) is 40.5 Å². The maximum Gasteiger partial charge on any atom is -0.00488 e. The van der Waals surface area contributed by atoms with Crippen molar-refractivity contribution in [3.05, 3.63) is 0 Å². The van der Waals surface area contributed by atoms with Crippen molar-refractivity contribution in [1.82, 2.24) is 0 Å². The van der Waals surface area contributed by atoms with Crippen LogP contribution >= 0.6 is 0 Å². The summed E-state index contributed by atoms with van der Waals surface area (Å²) in [6.45, 7) is 9.96. The van der Waals surface area contributed by atoms with E-state index in [9.17, 15) is 0 Å². The van der Waals surface area contributed by atoms with E-state index in [4.69, 9.17) is 5.73 Å². The molecule has 0 rings (SSSR count). The summed E-state index contributed by atoms with van der Waals surface area (Å²) >= 11 is 0. The van der Waals surface area contributed by atoms with E-state index in [1.54, 1.807) is 0 Å². The van der Waals surface area contributed by atoms with Crippen molar-refractivity contribution in [2.75, 3.05) is 6.54 Å². The molecule has 11 heavy (non-hydrogen) atoms. The van der Waals surface area contributed by atoms with Gasteiger partial charge < -0.3 is 5.73 Å². The van der Waals surface area contributed by atoms with Crippen LogP contribution in [0.2, 0.25) is 0 Å². The Hall–Kier alpha value is -0.0400. The highest BCUT2D eigenvalue weighted by Gasteiger charge is 2.18. The van der Waals surface area contributed by atoms with Crippen molar-refractivity contribution in [2.24, 2.45) is 23.5 Å². The number of hydrogen-bond donors (Lipinski definition) is 1. The van der Waals surface area contributed by atoms with Gasteiger partial charge in [-0.05, 0) is 24.3 Å². The lowest BCUT2D eigenvalue weighted by atomic mass is 9.80. The van der Waals surface area contributed by atoms with E-state index in [2.05, 4.69) is 27.7 Å². The third kappa shape index (κ3) is 3.24. The Balaban J connectivity index is 3.92. The van der Waals surface area contributed by atoms with Crippen molar-refractivity contribution < 1.29 is 0 Å². The Bertz CT molecular complexity index is 80.9. The van der Waals surface area contributed by atoms with Crippen LogP contribution in [0.1, 0.15) is 40.5 Å². The molecular formula is C10H23N. The standard InChI is InChI=1S/C10H23N/c1-5-8(3)10(6-2)9(4)7-11/h8-10H,5-7,11H2,1-4H3/t8-,9-,10-/m0/s1. The molecule has 0 amide bonds. The third-order valence-corrected chi connectivity index (χ3v) is 2.95. The Kier molecular flexibility index (Phi) is 5.57. The molecule has 0 aliphatic heterocycles. The van der Waals surface area contributed by atoms with E-state index >= 15 is 0 Å². The minimum Gasteiger partial charge on any atom is -0.330 e. The molecule has 0 aromatic carbocycles. The lowest BCUT2D eigenvalue weighted by Gasteiger charge is -2.26. The number of rotatable bonds is 5. The molecule has 0 aromatic heterocycles. The van der Waals surface area contributed by atoms with Gasteiger partial charge in [0.1, 0.15) is 0 Å². The van der Waals surface area contributed by atoms with Gasteiger partial charge in [-0.25, -0.2) is 0 Å². The summed E-state index contributed by atoms with van der Waals surface area (Å²) in [7, 11) is 0. The highest BCUT2D eigenvalue weighted by atomic mass is 14.5. The van der Waals surface area contributed by atoms with Gasteiger partial charge in [-0.15, -0.1) is 0 Å². The maximum absolute atomic E-state index is 5.64. The summed E-state index contributed by atoms with van der Waals surface area (Å²) < 4.78 is 0. The molecule has 0 radical (unpaired) electrons. The maximum atomic E-state index is 5.64. The Morgan fingerprint density at radius 1 is 1.00 bits per heavy atom. The molecule has 1 heteroatoms. The van der Waals surface area contributed by atoms with Crippen LogP contribution in [0.4, 0.5) is 0 Å². The molecule has 0 aromatic rings. The van der Waals surface area contributed by atoms with Crippen LogP contribution in [-0.2, 0) is 0 Å². The zero-order chi connectivity index (χ0) is 8.85. The fraction of sp³-hybridized carbons (Fsp3) is 1.00. The van der Waals surface area contributed by atoms with Crippen LogP contribution < -0.4 is 5.73 Å². The average Bonchev–Trinajstić information content (AvgIpc) is 2.05. The minimum absolute atomic E-state index is 0.690. The molecule has 0 bridgehead atoms. The Morgan fingerprint density at radius 2 is 1.55 bits per heavy atom. The lowest BCUT2D eigenvalue weighted by molar-refractivity contribution is 0.246. The van der Waals surface area contributed by atoms with E-state index in [0.717, 1.165) is 18.4 Å². The average molecular weight is 157 g/mol. The summed E-state index contributed by atoms with van der Waals surface area (Å²) in [6.07, 6.45) is 2.55. The van der Waals surface area contributed by atoms with Gasteiger partial charge in [0.05, 0.1) is 0 Å². The van der Waals surface area contributed by atoms with E-state index in [1.165, 1.54) is 12.8 Å².